The Morgan fingerprint density at radius 1 is 1.00 bits per heavy atom. The third kappa shape index (κ3) is 4.92. The molecule has 34 heavy (non-hydrogen) atoms. The topological polar surface area (TPSA) is 92.8 Å². The lowest BCUT2D eigenvalue weighted by Gasteiger charge is -2.28. The number of fused-ring (bicyclic) bond motifs is 1. The summed E-state index contributed by atoms with van der Waals surface area (Å²) in [4.78, 5) is 51.3. The molecule has 0 aromatic heterocycles. The zero-order valence-corrected chi connectivity index (χ0v) is 20.4. The van der Waals surface area contributed by atoms with E-state index in [0.717, 1.165) is 10.5 Å². The number of aryl methyl sites for hydroxylation is 1. The summed E-state index contributed by atoms with van der Waals surface area (Å²) < 4.78 is 5.08. The predicted molar refractivity (Wildman–Crippen MR) is 130 cm³/mol. The van der Waals surface area contributed by atoms with Gasteiger partial charge in [0.2, 0.25) is 11.8 Å². The zero-order valence-electron chi connectivity index (χ0n) is 18.1. The minimum atomic E-state index is -0.716. The van der Waals surface area contributed by atoms with E-state index in [1.807, 2.05) is 6.92 Å². The van der Waals surface area contributed by atoms with Gasteiger partial charge in [-0.25, -0.2) is 4.79 Å². The van der Waals surface area contributed by atoms with Gasteiger partial charge in [0.05, 0.1) is 33.8 Å². The molecule has 1 aliphatic carbocycles. The van der Waals surface area contributed by atoms with E-state index in [1.54, 1.807) is 18.2 Å². The molecule has 1 aliphatic heterocycles. The Morgan fingerprint density at radius 2 is 1.59 bits per heavy atom. The van der Waals surface area contributed by atoms with Gasteiger partial charge in [0.15, 0.2) is 6.61 Å². The first-order valence-electron chi connectivity index (χ1n) is 10.6. The molecule has 2 aromatic rings. The largest absolute Gasteiger partial charge is 0.452 e. The number of esters is 1. The molecule has 3 amide bonds. The van der Waals surface area contributed by atoms with E-state index in [0.29, 0.717) is 29.2 Å². The molecule has 4 atom stereocenters. The lowest BCUT2D eigenvalue weighted by Crippen LogP contribution is -2.34. The van der Waals surface area contributed by atoms with Gasteiger partial charge >= 0.3 is 5.97 Å². The SMILES string of the molecule is Cc1ccc(Cl)cc1NC(=O)COC(=O)c1ccc(N2C(=O)[C@H]3C[C@H](Cl)[C@@H](Cl)C[C@H]3C2=O)cc1. The first-order valence-corrected chi connectivity index (χ1v) is 11.9. The van der Waals surface area contributed by atoms with Crippen LogP contribution in [0, 0.1) is 18.8 Å². The van der Waals surface area contributed by atoms with Gasteiger partial charge < -0.3 is 10.1 Å². The van der Waals surface area contributed by atoms with Crippen LogP contribution in [0.25, 0.3) is 0 Å². The number of rotatable bonds is 5. The van der Waals surface area contributed by atoms with E-state index in [2.05, 4.69) is 5.32 Å². The second kappa shape index (κ2) is 9.94. The number of ether oxygens (including phenoxy) is 1. The van der Waals surface area contributed by atoms with Crippen LogP contribution < -0.4 is 10.2 Å². The fourth-order valence-electron chi connectivity index (χ4n) is 4.23. The molecular weight excluding hydrogens is 503 g/mol. The Labute approximate surface area is 211 Å². The Hall–Kier alpha value is -2.61. The molecule has 1 heterocycles. The smallest absolute Gasteiger partial charge is 0.338 e. The highest BCUT2D eigenvalue weighted by Crippen LogP contribution is 2.43. The Balaban J connectivity index is 1.37. The molecule has 0 unspecified atom stereocenters. The fraction of sp³-hybridized carbons (Fsp3) is 0.333. The molecule has 4 rings (SSSR count). The summed E-state index contributed by atoms with van der Waals surface area (Å²) in [6.07, 6.45) is 0.700. The maximum atomic E-state index is 12.9. The maximum Gasteiger partial charge on any atom is 0.338 e. The van der Waals surface area contributed by atoms with Gasteiger partial charge in [-0.15, -0.1) is 23.2 Å². The van der Waals surface area contributed by atoms with Crippen molar-refractivity contribution in [1.29, 1.82) is 0 Å². The number of alkyl halides is 2. The molecule has 10 heteroatoms. The van der Waals surface area contributed by atoms with Crippen molar-refractivity contribution >= 4 is 69.9 Å². The third-order valence-corrected chi connectivity index (χ3v) is 7.41. The summed E-state index contributed by atoms with van der Waals surface area (Å²) in [7, 11) is 0. The van der Waals surface area contributed by atoms with Crippen molar-refractivity contribution in [3.63, 3.8) is 0 Å². The molecule has 0 radical (unpaired) electrons. The number of benzene rings is 2. The van der Waals surface area contributed by atoms with Crippen LogP contribution in [0.5, 0.6) is 0 Å². The normalized spacial score (nSPS) is 24.1. The zero-order chi connectivity index (χ0) is 24.6. The minimum Gasteiger partial charge on any atom is -0.452 e. The van der Waals surface area contributed by atoms with E-state index in [9.17, 15) is 19.2 Å². The standard InChI is InChI=1S/C24H21Cl3N2O5/c1-12-2-5-14(25)8-20(12)28-21(30)11-34-24(33)13-3-6-15(7-4-13)29-22(31)16-9-18(26)19(27)10-17(16)23(29)32/h2-8,16-19H,9-11H2,1H3,(H,28,30)/t16-,17+,18-,19-/m0/s1. The summed E-state index contributed by atoms with van der Waals surface area (Å²) in [6.45, 7) is 1.32. The fourth-order valence-corrected chi connectivity index (χ4v) is 4.99. The van der Waals surface area contributed by atoms with E-state index in [4.69, 9.17) is 39.5 Å². The molecule has 0 bridgehead atoms. The van der Waals surface area contributed by atoms with Crippen molar-refractivity contribution in [3.05, 3.63) is 58.6 Å². The van der Waals surface area contributed by atoms with Crippen LogP contribution in [0.15, 0.2) is 42.5 Å². The summed E-state index contributed by atoms with van der Waals surface area (Å²) in [5.74, 6) is -2.83. The number of hydrogen-bond donors (Lipinski definition) is 1. The third-order valence-electron chi connectivity index (χ3n) is 6.08. The molecular formula is C24H21Cl3N2O5. The van der Waals surface area contributed by atoms with Crippen molar-refractivity contribution in [1.82, 2.24) is 0 Å². The van der Waals surface area contributed by atoms with Crippen molar-refractivity contribution in [2.24, 2.45) is 11.8 Å². The van der Waals surface area contributed by atoms with Crippen LogP contribution in [0.2, 0.25) is 5.02 Å². The quantitative estimate of drug-likeness (QED) is 0.352. The average molecular weight is 524 g/mol. The molecule has 0 spiro atoms. The van der Waals surface area contributed by atoms with E-state index >= 15 is 0 Å². The lowest BCUT2D eigenvalue weighted by atomic mass is 9.80. The highest BCUT2D eigenvalue weighted by Gasteiger charge is 2.52. The van der Waals surface area contributed by atoms with Crippen LogP contribution in [0.4, 0.5) is 11.4 Å². The number of hydrogen-bond acceptors (Lipinski definition) is 5. The number of nitrogens with zero attached hydrogens (tertiary/aromatic N) is 1. The van der Waals surface area contributed by atoms with E-state index < -0.39 is 30.3 Å². The highest BCUT2D eigenvalue weighted by molar-refractivity contribution is 6.31. The van der Waals surface area contributed by atoms with Gasteiger partial charge in [0.1, 0.15) is 0 Å². The summed E-state index contributed by atoms with van der Waals surface area (Å²) in [5.41, 5.74) is 1.87. The van der Waals surface area contributed by atoms with Crippen LogP contribution in [-0.2, 0) is 19.1 Å². The van der Waals surface area contributed by atoms with Crippen LogP contribution in [0.1, 0.15) is 28.8 Å². The van der Waals surface area contributed by atoms with Crippen LogP contribution in [0.3, 0.4) is 0 Å². The van der Waals surface area contributed by atoms with E-state index in [-0.39, 0.29) is 28.1 Å². The second-order valence-electron chi connectivity index (χ2n) is 8.36. The number of carbonyl (C=O) groups is 4. The van der Waals surface area contributed by atoms with Crippen molar-refractivity contribution in [3.8, 4) is 0 Å². The van der Waals surface area contributed by atoms with Crippen LogP contribution in [-0.4, -0.2) is 41.1 Å². The Kier molecular flexibility index (Phi) is 7.17. The number of halogens is 3. The van der Waals surface area contributed by atoms with Gasteiger partial charge in [0.25, 0.3) is 5.91 Å². The van der Waals surface area contributed by atoms with Crippen LogP contribution >= 0.6 is 34.8 Å². The first-order chi connectivity index (χ1) is 16.2. The molecule has 178 valence electrons. The number of imide groups is 1. The molecule has 1 saturated heterocycles. The number of carbonyl (C=O) groups excluding carboxylic acids is 4. The summed E-state index contributed by atoms with van der Waals surface area (Å²) in [5, 5.41) is 2.38. The Bertz CT molecular complexity index is 1130. The van der Waals surface area contributed by atoms with Crippen molar-refractivity contribution in [2.75, 3.05) is 16.8 Å². The molecule has 2 aliphatic rings. The molecule has 1 saturated carbocycles. The highest BCUT2D eigenvalue weighted by atomic mass is 35.5. The molecule has 2 fully saturated rings. The Morgan fingerprint density at radius 3 is 2.18 bits per heavy atom. The minimum absolute atomic E-state index is 0.175. The number of amides is 3. The molecule has 7 nitrogen and oxygen atoms in total. The van der Waals surface area contributed by atoms with Gasteiger partial charge in [-0.05, 0) is 61.7 Å². The van der Waals surface area contributed by atoms with Gasteiger partial charge in [-0.3, -0.25) is 19.3 Å². The number of anilines is 2. The van der Waals surface area contributed by atoms with Gasteiger partial charge in [-0.1, -0.05) is 17.7 Å². The van der Waals surface area contributed by atoms with Gasteiger partial charge in [0, 0.05) is 10.7 Å². The van der Waals surface area contributed by atoms with Crippen molar-refractivity contribution in [2.45, 2.75) is 30.5 Å². The summed E-state index contributed by atoms with van der Waals surface area (Å²) >= 11 is 18.4. The van der Waals surface area contributed by atoms with Gasteiger partial charge in [-0.2, -0.15) is 0 Å². The van der Waals surface area contributed by atoms with Crippen molar-refractivity contribution < 1.29 is 23.9 Å². The molecule has 2 aromatic carbocycles. The van der Waals surface area contributed by atoms with E-state index in [1.165, 1.54) is 24.3 Å². The predicted octanol–water partition coefficient (Wildman–Crippen LogP) is 4.56. The monoisotopic (exact) mass is 522 g/mol. The number of nitrogens with one attached hydrogen (secondary N) is 1. The summed E-state index contributed by atoms with van der Waals surface area (Å²) in [6, 6.07) is 10.9. The second-order valence-corrected chi connectivity index (χ2v) is 9.92. The lowest BCUT2D eigenvalue weighted by molar-refractivity contribution is -0.122. The maximum absolute atomic E-state index is 12.9. The first kappa shape index (κ1) is 24.5. The molecule has 1 N–H and O–H groups in total. The average Bonchev–Trinajstić information content (AvgIpc) is 3.04.